The van der Waals surface area contributed by atoms with Crippen LogP contribution in [0.2, 0.25) is 0 Å². The van der Waals surface area contributed by atoms with E-state index in [1.165, 1.54) is 0 Å². The smallest absolute Gasteiger partial charge is 0.412 e. The number of hydrogen-bond acceptors (Lipinski definition) is 4. The Morgan fingerprint density at radius 3 is 2.33 bits per heavy atom. The van der Waals surface area contributed by atoms with Gasteiger partial charge in [-0.05, 0) is 27.7 Å². The van der Waals surface area contributed by atoms with E-state index in [9.17, 15) is 4.79 Å². The van der Waals surface area contributed by atoms with Crippen molar-refractivity contribution >= 4 is 6.09 Å². The predicted molar refractivity (Wildman–Crippen MR) is 56.5 cm³/mol. The van der Waals surface area contributed by atoms with E-state index in [-0.39, 0.29) is 12.2 Å². The zero-order valence-corrected chi connectivity index (χ0v) is 10.1. The summed E-state index contributed by atoms with van der Waals surface area (Å²) in [5.41, 5.74) is -0.428. The van der Waals surface area contributed by atoms with Crippen molar-refractivity contribution in [3.05, 3.63) is 0 Å². The van der Waals surface area contributed by atoms with Gasteiger partial charge >= 0.3 is 6.09 Å². The first-order valence-corrected chi connectivity index (χ1v) is 4.93. The first-order valence-electron chi connectivity index (χ1n) is 4.93. The van der Waals surface area contributed by atoms with Crippen LogP contribution < -0.4 is 0 Å². The van der Waals surface area contributed by atoms with E-state index in [4.69, 9.17) is 14.6 Å². The topological polar surface area (TPSA) is 59.0 Å². The normalized spacial score (nSPS) is 20.7. The summed E-state index contributed by atoms with van der Waals surface area (Å²) in [4.78, 5) is 13.0. The summed E-state index contributed by atoms with van der Waals surface area (Å²) < 4.78 is 10.4. The lowest BCUT2D eigenvalue weighted by atomic mass is 10.2. The number of nitrogens with zero attached hydrogens (tertiary/aromatic N) is 1. The summed E-state index contributed by atoms with van der Waals surface area (Å²) in [6.07, 6.45) is -0.177. The molecule has 0 radical (unpaired) electrons. The highest BCUT2D eigenvalue weighted by Crippen LogP contribution is 2.13. The van der Waals surface area contributed by atoms with E-state index in [2.05, 4.69) is 0 Å². The first-order chi connectivity index (χ1) is 6.88. The zero-order chi connectivity index (χ0) is 12.1. The van der Waals surface area contributed by atoms with Gasteiger partial charge in [0.05, 0.1) is 12.6 Å². The highest BCUT2D eigenvalue weighted by atomic mass is 16.6. The molecule has 0 aromatic heterocycles. The van der Waals surface area contributed by atoms with Crippen molar-refractivity contribution in [1.82, 2.24) is 4.90 Å². The molecular weight excluding hydrogens is 198 g/mol. The van der Waals surface area contributed by atoms with Crippen LogP contribution in [0.1, 0.15) is 27.7 Å². The van der Waals surface area contributed by atoms with Crippen molar-refractivity contribution in [1.29, 1.82) is 0 Å². The number of amides is 1. The number of aliphatic hydroxyl groups is 1. The molecule has 0 spiro atoms. The molecular formula is C10H21NO4. The number of hydrogen-bond donors (Lipinski definition) is 1. The lowest BCUT2D eigenvalue weighted by Gasteiger charge is -2.23. The molecule has 1 saturated heterocycles. The third kappa shape index (κ3) is 5.59. The summed E-state index contributed by atoms with van der Waals surface area (Å²) in [5, 5.41) is 7.00. The molecule has 15 heavy (non-hydrogen) atoms. The second-order valence-corrected chi connectivity index (χ2v) is 4.31. The van der Waals surface area contributed by atoms with Gasteiger partial charge in [-0.3, -0.25) is 4.90 Å². The highest BCUT2D eigenvalue weighted by Gasteiger charge is 2.27. The minimum Gasteiger partial charge on any atom is -0.444 e. The molecule has 0 saturated carbocycles. The molecule has 1 unspecified atom stereocenters. The van der Waals surface area contributed by atoms with Gasteiger partial charge in [-0.25, -0.2) is 4.79 Å². The van der Waals surface area contributed by atoms with Crippen LogP contribution in [-0.2, 0) is 9.47 Å². The summed E-state index contributed by atoms with van der Waals surface area (Å²) in [5.74, 6) is 0. The molecule has 5 nitrogen and oxygen atoms in total. The van der Waals surface area contributed by atoms with E-state index in [1.807, 2.05) is 27.7 Å². The average Bonchev–Trinajstić information content (AvgIpc) is 2.52. The average molecular weight is 219 g/mol. The quantitative estimate of drug-likeness (QED) is 0.665. The van der Waals surface area contributed by atoms with Gasteiger partial charge in [-0.2, -0.15) is 0 Å². The van der Waals surface area contributed by atoms with Crippen molar-refractivity contribution < 1.29 is 19.4 Å². The number of aliphatic hydroxyl groups excluding tert-OH is 1. The molecule has 1 amide bonds. The molecule has 90 valence electrons. The maximum atomic E-state index is 11.4. The Balaban J connectivity index is 0.000000921. The molecule has 0 aromatic carbocycles. The van der Waals surface area contributed by atoms with Gasteiger partial charge in [0, 0.05) is 7.11 Å². The van der Waals surface area contributed by atoms with Gasteiger partial charge in [0.15, 0.2) is 0 Å². The van der Waals surface area contributed by atoms with Crippen molar-refractivity contribution in [2.45, 2.75) is 39.4 Å². The van der Waals surface area contributed by atoms with E-state index in [0.717, 1.165) is 7.11 Å². The Labute approximate surface area is 91.0 Å². The first kappa shape index (κ1) is 14.2. The van der Waals surface area contributed by atoms with E-state index < -0.39 is 5.60 Å². The molecule has 1 atom stereocenters. The number of carbonyl (C=O) groups excluding carboxylic acids is 1. The van der Waals surface area contributed by atoms with Gasteiger partial charge in [0.25, 0.3) is 0 Å². The lowest BCUT2D eigenvalue weighted by molar-refractivity contribution is 0.0191. The fourth-order valence-electron chi connectivity index (χ4n) is 1.09. The molecule has 0 bridgehead atoms. The van der Waals surface area contributed by atoms with Crippen LogP contribution in [0, 0.1) is 0 Å². The molecule has 1 rings (SSSR count). The van der Waals surface area contributed by atoms with Gasteiger partial charge in [0.1, 0.15) is 12.3 Å². The monoisotopic (exact) mass is 219 g/mol. The Kier molecular flexibility index (Phi) is 5.60. The van der Waals surface area contributed by atoms with Crippen LogP contribution >= 0.6 is 0 Å². The minimum absolute atomic E-state index is 0.118. The van der Waals surface area contributed by atoms with Gasteiger partial charge in [0.2, 0.25) is 0 Å². The Hall–Kier alpha value is -0.810. The predicted octanol–water partition coefficient (Wildman–Crippen LogP) is 1.21. The van der Waals surface area contributed by atoms with E-state index in [0.29, 0.717) is 13.3 Å². The van der Waals surface area contributed by atoms with Gasteiger partial charge < -0.3 is 14.6 Å². The van der Waals surface area contributed by atoms with Crippen LogP contribution in [0.4, 0.5) is 4.79 Å². The van der Waals surface area contributed by atoms with Crippen molar-refractivity contribution in [3.63, 3.8) is 0 Å². The van der Waals surface area contributed by atoms with E-state index in [1.54, 1.807) is 4.90 Å². The summed E-state index contributed by atoms with van der Waals surface area (Å²) >= 11 is 0. The maximum Gasteiger partial charge on any atom is 0.412 e. The fourth-order valence-corrected chi connectivity index (χ4v) is 1.09. The molecule has 5 heteroatoms. The van der Waals surface area contributed by atoms with Gasteiger partial charge in [-0.15, -0.1) is 0 Å². The van der Waals surface area contributed by atoms with Crippen LogP contribution in [0.3, 0.4) is 0 Å². The second-order valence-electron chi connectivity index (χ2n) is 4.31. The largest absolute Gasteiger partial charge is 0.444 e. The van der Waals surface area contributed by atoms with Gasteiger partial charge in [-0.1, -0.05) is 0 Å². The highest BCUT2D eigenvalue weighted by molar-refractivity contribution is 5.68. The maximum absolute atomic E-state index is 11.4. The molecule has 1 aliphatic rings. The lowest BCUT2D eigenvalue weighted by Crippen LogP contribution is -2.35. The third-order valence-electron chi connectivity index (χ3n) is 1.64. The van der Waals surface area contributed by atoms with Crippen LogP contribution in [0.5, 0.6) is 0 Å². The Bertz CT molecular complexity index is 200. The molecule has 1 aliphatic heterocycles. The summed E-state index contributed by atoms with van der Waals surface area (Å²) in [6.45, 7) is 8.46. The van der Waals surface area contributed by atoms with E-state index >= 15 is 0 Å². The summed E-state index contributed by atoms with van der Waals surface area (Å²) in [7, 11) is 1.00. The molecule has 0 aromatic rings. The third-order valence-corrected chi connectivity index (χ3v) is 1.64. The standard InChI is InChI=1S/C9H17NO3.CH4O/c1-7-5-10(6-12-7)8(11)13-9(2,3)4;1-2/h7H,5-6H2,1-4H3;2H,1H3. The molecule has 1 heterocycles. The van der Waals surface area contributed by atoms with Crippen molar-refractivity contribution in [2.24, 2.45) is 0 Å². The number of rotatable bonds is 0. The fraction of sp³-hybridized carbons (Fsp3) is 0.900. The van der Waals surface area contributed by atoms with Crippen molar-refractivity contribution in [3.8, 4) is 0 Å². The minimum atomic E-state index is -0.428. The van der Waals surface area contributed by atoms with Crippen LogP contribution in [-0.4, -0.2) is 48.2 Å². The van der Waals surface area contributed by atoms with Crippen LogP contribution in [0.15, 0.2) is 0 Å². The number of ether oxygens (including phenoxy) is 2. The SMILES string of the molecule is CC1CN(C(=O)OC(C)(C)C)CO1.CO. The Morgan fingerprint density at radius 2 is 2.00 bits per heavy atom. The molecule has 1 fully saturated rings. The van der Waals surface area contributed by atoms with Crippen LogP contribution in [0.25, 0.3) is 0 Å². The Morgan fingerprint density at radius 1 is 1.47 bits per heavy atom. The molecule has 0 aliphatic carbocycles. The summed E-state index contributed by atoms with van der Waals surface area (Å²) in [6, 6.07) is 0. The second kappa shape index (κ2) is 5.92. The van der Waals surface area contributed by atoms with Crippen molar-refractivity contribution in [2.75, 3.05) is 20.4 Å². The number of carbonyl (C=O) groups is 1. The zero-order valence-electron chi connectivity index (χ0n) is 10.1. The molecule has 1 N–H and O–H groups in total.